The normalized spacial score (nSPS) is 0. The average molecular weight is 2680 g/mol. The van der Waals surface area contributed by atoms with Crippen molar-refractivity contribution in [2.45, 2.75) is 0 Å². The van der Waals surface area contributed by atoms with Gasteiger partial charge < -0.3 is 720 Å². The van der Waals surface area contributed by atoms with Gasteiger partial charge in [0.1, 0.15) is 0 Å². The van der Waals surface area contributed by atoms with Gasteiger partial charge in [-0.3, -0.25) is 0 Å². The summed E-state index contributed by atoms with van der Waals surface area (Å²) in [5.41, 5.74) is 0. The zero-order valence-electron chi connectivity index (χ0n) is 82.4. The van der Waals surface area contributed by atoms with Crippen LogP contribution in [-0.2, 0) is 0 Å². The Labute approximate surface area is 1840 Å². The first-order valence-corrected chi connectivity index (χ1v) is 0. The molecule has 122 heteroatoms. The molecule has 0 amide bonds. The Morgan fingerprint density at radius 2 is 0.0246 bits per heavy atom. The van der Waals surface area contributed by atoms with Crippen LogP contribution in [0.2, 0.25) is 0 Å². The minimum absolute atomic E-state index is 0. The minimum Gasteiger partial charge on any atom is -1.00 e. The van der Waals surface area contributed by atoms with E-state index in [0.717, 1.165) is 0 Å². The summed E-state index contributed by atoms with van der Waals surface area (Å²) in [6.45, 7) is 0. The zero-order chi connectivity index (χ0) is 0. The van der Waals surface area contributed by atoms with E-state index < -0.39 is 0 Å². The molecule has 512 valence electrons. The standard InChI is InChI=1S/64ClH.58Li/h64*1H;;;;;;;;;;;;;;;;;;;;;;;;;;;;;;;;;;;;;;;;;;;;;;;;;;;;;;;;;;/q;;;;;;;;;;;;;;;;;;;;;;;;;;;;;;;;;;;;;;;;;;;;;;;;;;;;;;;;;;;;;;;;58*+1/p-58. The molecular weight excluding hydrogens is 2670 g/mol. The Morgan fingerprint density at radius 3 is 0.0246 bits per heavy atom. The van der Waals surface area contributed by atoms with E-state index in [4.69, 9.17) is 0 Å². The van der Waals surface area contributed by atoms with Crippen molar-refractivity contribution in [3.8, 4) is 0 Å². The Balaban J connectivity index is 0. The molecule has 0 saturated carbocycles. The van der Waals surface area contributed by atoms with Crippen molar-refractivity contribution in [1.82, 2.24) is 0 Å². The van der Waals surface area contributed by atoms with Gasteiger partial charge >= 0.3 is 1090 Å². The van der Waals surface area contributed by atoms with Crippen LogP contribution < -0.4 is 1810 Å². The quantitative estimate of drug-likeness (QED) is 0.212. The molecule has 0 nitrogen and oxygen atoms in total. The van der Waals surface area contributed by atoms with Crippen LogP contribution in [0, 0.1) is 0 Å². The molecule has 0 N–H and O–H groups in total. The SMILES string of the molecule is Cl.Cl.Cl.Cl.Cl.Cl.[Cl-].[Cl-].[Cl-].[Cl-].[Cl-].[Cl-].[Cl-].[Cl-].[Cl-].[Cl-].[Cl-].[Cl-].[Cl-].[Cl-].[Cl-].[Cl-].[Cl-].[Cl-].[Cl-].[Cl-].[Cl-].[Cl-].[Cl-].[Cl-].[Cl-].[Cl-].[Cl-].[Cl-].[Cl-].[Cl-].[Cl-].[Cl-].[Cl-].[Cl-].[Cl-].[Cl-].[Cl-].[Cl-].[Cl-].[Cl-].[Cl-].[Cl-].[Cl-].[Cl-].[Cl-].[Cl-].[Cl-].[Cl-].[Cl-].[Cl-].[Cl-].[Cl-].[Cl-].[Cl-].[Cl-].[Cl-].[Cl-].[Cl-].[Li+].[Li+].[Li+].[Li+].[Li+].[Li+].[Li+].[Li+].[Li+].[Li+].[Li+].[Li+].[Li+].[Li+].[Li+].[Li+].[Li+].[Li+].[Li+].[Li+].[Li+].[Li+].[Li+].[Li+].[Li+].[Li+].[Li+].[Li+].[Li+].[Li+].[Li+].[Li+].[Li+].[Li+].[Li+].[Li+].[Li+].[Li+].[Li+].[Li+].[Li+].[Li+].[Li+].[Li+].[Li+].[Li+].[Li+].[Li+].[Li+].[Li+].[Li+].[Li+].[Li+].[Li+].[Li+].[Li+].[Li+].[Li+]. The molecule has 122 heavy (non-hydrogen) atoms. The monoisotopic (exact) mass is 2650 g/mol. The largest absolute Gasteiger partial charge is 1.00 e. The Hall–Kier alpha value is 53.2. The summed E-state index contributed by atoms with van der Waals surface area (Å²) in [7, 11) is 0. The molecule has 0 aliphatic heterocycles. The fourth-order valence-corrected chi connectivity index (χ4v) is 0. The van der Waals surface area contributed by atoms with Gasteiger partial charge in [0.15, 0.2) is 0 Å². The van der Waals surface area contributed by atoms with Crippen molar-refractivity contribution in [3.63, 3.8) is 0 Å². The van der Waals surface area contributed by atoms with Crippen LogP contribution in [0.3, 0.4) is 0 Å². The third kappa shape index (κ3) is 1810. The van der Waals surface area contributed by atoms with Crippen molar-refractivity contribution >= 4 is 74.4 Å². The molecule has 0 unspecified atom stereocenters. The van der Waals surface area contributed by atoms with Crippen LogP contribution in [0.25, 0.3) is 0 Å². The van der Waals surface area contributed by atoms with Crippen LogP contribution in [0.1, 0.15) is 0 Å². The number of halogens is 64. The summed E-state index contributed by atoms with van der Waals surface area (Å²) in [5.74, 6) is 0. The molecule has 0 spiro atoms. The van der Waals surface area contributed by atoms with Gasteiger partial charge in [0, 0.05) is 0 Å². The smallest absolute Gasteiger partial charge is 1.00 e. The molecule has 0 aliphatic carbocycles. The summed E-state index contributed by atoms with van der Waals surface area (Å²) >= 11 is 0. The third-order valence-corrected chi connectivity index (χ3v) is 0. The number of hydrogen-bond acceptors (Lipinski definition) is 0. The third-order valence-electron chi connectivity index (χ3n) is 0. The summed E-state index contributed by atoms with van der Waals surface area (Å²) in [6.07, 6.45) is 0. The molecule has 0 bridgehead atoms. The molecule has 0 rings (SSSR count). The molecule has 0 aromatic heterocycles. The van der Waals surface area contributed by atoms with E-state index >= 15 is 0 Å². The summed E-state index contributed by atoms with van der Waals surface area (Å²) < 4.78 is 0. The van der Waals surface area contributed by atoms with Crippen molar-refractivity contribution in [3.05, 3.63) is 0 Å². The first kappa shape index (κ1) is 1880. The number of hydrogen-bond donors (Lipinski definition) is 0. The summed E-state index contributed by atoms with van der Waals surface area (Å²) in [5, 5.41) is 0. The second-order valence-corrected chi connectivity index (χ2v) is 0. The van der Waals surface area contributed by atoms with E-state index in [1.807, 2.05) is 0 Å². The van der Waals surface area contributed by atoms with Crippen LogP contribution in [-0.4, -0.2) is 0 Å². The second-order valence-electron chi connectivity index (χ2n) is 0. The van der Waals surface area contributed by atoms with Gasteiger partial charge in [-0.25, -0.2) is 0 Å². The Morgan fingerprint density at radius 1 is 0.0246 bits per heavy atom. The van der Waals surface area contributed by atoms with Crippen LogP contribution in [0.4, 0.5) is 0 Å². The predicted octanol–water partition coefficient (Wildman–Crippen LogP) is -345. The van der Waals surface area contributed by atoms with E-state index in [2.05, 4.69) is 0 Å². The maximum Gasteiger partial charge on any atom is 1.00 e. The van der Waals surface area contributed by atoms with Crippen molar-refractivity contribution < 1.29 is 1810 Å². The predicted molar refractivity (Wildman–Crippen MR) is 43.5 cm³/mol. The molecule has 0 fully saturated rings. The van der Waals surface area contributed by atoms with Gasteiger partial charge in [-0.15, -0.1) is 74.4 Å². The van der Waals surface area contributed by atoms with Gasteiger partial charge in [0.2, 0.25) is 0 Å². The second kappa shape index (κ2) is 1850. The molecule has 0 aliphatic rings. The zero-order valence-corrected chi connectivity index (χ0v) is 131. The summed E-state index contributed by atoms with van der Waals surface area (Å²) in [4.78, 5) is 0. The Bertz CT molecular complexity index is 122. The Kier molecular flexibility index (Phi) is 28400. The fraction of sp³-hybridized carbons (Fsp3) is 0. The van der Waals surface area contributed by atoms with Crippen LogP contribution >= 0.6 is 74.4 Å². The molecule has 0 heterocycles. The van der Waals surface area contributed by atoms with Crippen molar-refractivity contribution in [2.75, 3.05) is 0 Å². The molecular formula is H6Cl64Li58. The van der Waals surface area contributed by atoms with Gasteiger partial charge in [-0.2, -0.15) is 0 Å². The average Bonchev–Trinajstić information content (AvgIpc) is 0. The molecule has 0 saturated heterocycles. The molecule has 0 aromatic carbocycles. The van der Waals surface area contributed by atoms with E-state index in [0.29, 0.717) is 0 Å². The van der Waals surface area contributed by atoms with Crippen molar-refractivity contribution in [2.24, 2.45) is 0 Å². The minimum atomic E-state index is 0. The number of rotatable bonds is 0. The van der Waals surface area contributed by atoms with E-state index in [9.17, 15) is 0 Å². The first-order valence-electron chi connectivity index (χ1n) is 0. The van der Waals surface area contributed by atoms with E-state index in [-0.39, 0.29) is 1890 Å². The van der Waals surface area contributed by atoms with Crippen LogP contribution in [0.5, 0.6) is 0 Å². The van der Waals surface area contributed by atoms with Crippen molar-refractivity contribution in [1.29, 1.82) is 0 Å². The van der Waals surface area contributed by atoms with E-state index in [1.165, 1.54) is 0 Å². The fourth-order valence-electron chi connectivity index (χ4n) is 0. The van der Waals surface area contributed by atoms with Gasteiger partial charge in [-0.05, 0) is 0 Å². The van der Waals surface area contributed by atoms with Gasteiger partial charge in [-0.1, -0.05) is 0 Å². The van der Waals surface area contributed by atoms with Crippen LogP contribution in [0.15, 0.2) is 0 Å². The van der Waals surface area contributed by atoms with E-state index in [1.54, 1.807) is 0 Å². The molecule has 0 atom stereocenters. The molecule has 0 aromatic rings. The summed E-state index contributed by atoms with van der Waals surface area (Å²) in [6, 6.07) is 0. The molecule has 0 radical (unpaired) electrons. The van der Waals surface area contributed by atoms with Gasteiger partial charge in [0.05, 0.1) is 0 Å². The first-order chi connectivity index (χ1) is 0. The maximum atomic E-state index is 0. The van der Waals surface area contributed by atoms with Gasteiger partial charge in [0.25, 0.3) is 0 Å². The topological polar surface area (TPSA) is 0 Å². The maximum absolute atomic E-state index is 0.